The number of hydrogen-bond donors (Lipinski definition) is 0. The number of carbonyl (C=O) groups is 1. The van der Waals surface area contributed by atoms with Crippen molar-refractivity contribution < 1.29 is 4.79 Å². The van der Waals surface area contributed by atoms with Crippen LogP contribution in [0.2, 0.25) is 0 Å². The van der Waals surface area contributed by atoms with E-state index in [2.05, 4.69) is 21.9 Å². The molecule has 1 fully saturated rings. The lowest BCUT2D eigenvalue weighted by Crippen LogP contribution is -2.46. The Morgan fingerprint density at radius 3 is 2.56 bits per heavy atom. The van der Waals surface area contributed by atoms with Gasteiger partial charge in [0.1, 0.15) is 6.07 Å². The van der Waals surface area contributed by atoms with Gasteiger partial charge in [-0.3, -0.25) is 9.69 Å². The Bertz CT molecular complexity index is 820. The van der Waals surface area contributed by atoms with Crippen LogP contribution in [0, 0.1) is 18.3 Å². The van der Waals surface area contributed by atoms with Crippen LogP contribution in [0.4, 0.5) is 5.69 Å². The molecular weight excluding hydrogens is 334 g/mol. The number of carbonyl (C=O) groups excluding carboxylic acids is 1. The number of rotatable bonds is 4. The van der Waals surface area contributed by atoms with E-state index in [-0.39, 0.29) is 0 Å². The summed E-state index contributed by atoms with van der Waals surface area (Å²) in [5, 5.41) is 8.86. The van der Waals surface area contributed by atoms with Crippen molar-refractivity contribution in [2.75, 3.05) is 31.1 Å². The maximum atomic E-state index is 11.5. The topological polar surface area (TPSA) is 47.3 Å². The number of anilines is 1. The van der Waals surface area contributed by atoms with Gasteiger partial charge in [0.25, 0.3) is 5.24 Å². The largest absolute Gasteiger partial charge is 0.368 e. The van der Waals surface area contributed by atoms with Crippen LogP contribution >= 0.6 is 11.6 Å². The lowest BCUT2D eigenvalue weighted by molar-refractivity contribution is 0.108. The smallest absolute Gasteiger partial charge is 0.252 e. The second-order valence-corrected chi connectivity index (χ2v) is 6.66. The summed E-state index contributed by atoms with van der Waals surface area (Å²) in [7, 11) is 0. The van der Waals surface area contributed by atoms with Crippen LogP contribution in [0.1, 0.15) is 27.0 Å². The van der Waals surface area contributed by atoms with Gasteiger partial charge in [-0.1, -0.05) is 24.3 Å². The van der Waals surface area contributed by atoms with Crippen LogP contribution in [-0.2, 0) is 6.54 Å². The van der Waals surface area contributed by atoms with Crippen molar-refractivity contribution in [3.8, 4) is 6.07 Å². The molecule has 1 saturated heterocycles. The molecule has 0 atom stereocenters. The molecule has 2 aromatic carbocycles. The summed E-state index contributed by atoms with van der Waals surface area (Å²) < 4.78 is 0. The van der Waals surface area contributed by atoms with Gasteiger partial charge >= 0.3 is 0 Å². The number of nitrogens with zero attached hydrogens (tertiary/aromatic N) is 3. The standard InChI is InChI=1S/C20H20ClN3O/c1-15-6-7-16(12-18(15)20(21)25)14-23-8-10-24(11-9-23)19-5-3-2-4-17(19)13-22/h2-7,12H,8-11,14H2,1H3. The SMILES string of the molecule is Cc1ccc(CN2CCN(c3ccccc3C#N)CC2)cc1C(=O)Cl. The van der Waals surface area contributed by atoms with Crippen LogP contribution in [0.3, 0.4) is 0 Å². The third-order valence-corrected chi connectivity index (χ3v) is 4.86. The molecule has 4 nitrogen and oxygen atoms in total. The van der Waals surface area contributed by atoms with Gasteiger partial charge in [0.2, 0.25) is 0 Å². The predicted molar refractivity (Wildman–Crippen MR) is 100 cm³/mol. The van der Waals surface area contributed by atoms with Crippen molar-refractivity contribution in [1.29, 1.82) is 5.26 Å². The number of piperazine rings is 1. The first-order chi connectivity index (χ1) is 12.1. The molecule has 0 N–H and O–H groups in total. The van der Waals surface area contributed by atoms with Crippen molar-refractivity contribution in [2.45, 2.75) is 13.5 Å². The molecule has 0 radical (unpaired) electrons. The molecule has 0 aliphatic carbocycles. The average molecular weight is 354 g/mol. The normalized spacial score (nSPS) is 15.0. The van der Waals surface area contributed by atoms with E-state index in [0.29, 0.717) is 5.56 Å². The van der Waals surface area contributed by atoms with Gasteiger partial charge in [0.05, 0.1) is 11.3 Å². The molecule has 0 amide bonds. The van der Waals surface area contributed by atoms with Crippen LogP contribution in [-0.4, -0.2) is 36.3 Å². The van der Waals surface area contributed by atoms with Crippen molar-refractivity contribution in [1.82, 2.24) is 4.90 Å². The van der Waals surface area contributed by atoms with Gasteiger partial charge in [0, 0.05) is 38.3 Å². The van der Waals surface area contributed by atoms with E-state index in [1.54, 1.807) is 0 Å². The number of benzene rings is 2. The summed E-state index contributed by atoms with van der Waals surface area (Å²) in [6.07, 6.45) is 0. The number of hydrogen-bond acceptors (Lipinski definition) is 4. The molecule has 0 saturated carbocycles. The molecule has 25 heavy (non-hydrogen) atoms. The third kappa shape index (κ3) is 4.01. The molecule has 2 aromatic rings. The summed E-state index contributed by atoms with van der Waals surface area (Å²) in [4.78, 5) is 16.1. The fraction of sp³-hybridized carbons (Fsp3) is 0.300. The highest BCUT2D eigenvalue weighted by Gasteiger charge is 2.19. The molecule has 0 spiro atoms. The van der Waals surface area contributed by atoms with E-state index in [0.717, 1.165) is 55.1 Å². The Kier molecular flexibility index (Phi) is 5.37. The van der Waals surface area contributed by atoms with Gasteiger partial charge in [0.15, 0.2) is 0 Å². The molecule has 128 valence electrons. The monoisotopic (exact) mass is 353 g/mol. The molecule has 3 rings (SSSR count). The predicted octanol–water partition coefficient (Wildman–Crippen LogP) is 3.57. The number of aryl methyl sites for hydroxylation is 1. The van der Waals surface area contributed by atoms with Crippen molar-refractivity contribution in [2.24, 2.45) is 0 Å². The van der Waals surface area contributed by atoms with Gasteiger partial charge < -0.3 is 4.90 Å². The molecule has 0 bridgehead atoms. The Hall–Kier alpha value is -2.35. The van der Waals surface area contributed by atoms with E-state index in [4.69, 9.17) is 11.6 Å². The van der Waals surface area contributed by atoms with Gasteiger partial charge in [-0.25, -0.2) is 0 Å². The zero-order valence-electron chi connectivity index (χ0n) is 14.2. The van der Waals surface area contributed by atoms with E-state index >= 15 is 0 Å². The summed E-state index contributed by atoms with van der Waals surface area (Å²) in [5.74, 6) is 0. The highest BCUT2D eigenvalue weighted by atomic mass is 35.5. The first kappa shape index (κ1) is 17.5. The van der Waals surface area contributed by atoms with E-state index in [1.807, 2.05) is 43.3 Å². The van der Waals surface area contributed by atoms with E-state index in [9.17, 15) is 10.1 Å². The van der Waals surface area contributed by atoms with Crippen LogP contribution in [0.5, 0.6) is 0 Å². The highest BCUT2D eigenvalue weighted by molar-refractivity contribution is 6.67. The summed E-state index contributed by atoms with van der Waals surface area (Å²) in [6.45, 7) is 6.28. The summed E-state index contributed by atoms with van der Waals surface area (Å²) in [6, 6.07) is 15.9. The molecular formula is C20H20ClN3O. The lowest BCUT2D eigenvalue weighted by atomic mass is 10.1. The van der Waals surface area contributed by atoms with Crippen LogP contribution in [0.25, 0.3) is 0 Å². The number of para-hydroxylation sites is 1. The van der Waals surface area contributed by atoms with Gasteiger partial charge in [-0.15, -0.1) is 0 Å². The van der Waals surface area contributed by atoms with Crippen LogP contribution < -0.4 is 4.90 Å². The minimum absolute atomic E-state index is 0.405. The van der Waals surface area contributed by atoms with Crippen molar-refractivity contribution in [3.63, 3.8) is 0 Å². The fourth-order valence-electron chi connectivity index (χ4n) is 3.23. The van der Waals surface area contributed by atoms with Gasteiger partial charge in [-0.05, 0) is 47.9 Å². The Balaban J connectivity index is 1.64. The molecule has 1 heterocycles. The molecule has 1 aliphatic heterocycles. The number of halogens is 1. The highest BCUT2D eigenvalue weighted by Crippen LogP contribution is 2.22. The molecule has 0 unspecified atom stereocenters. The maximum absolute atomic E-state index is 11.5. The second kappa shape index (κ2) is 7.69. The van der Waals surface area contributed by atoms with E-state index in [1.165, 1.54) is 0 Å². The molecule has 0 aromatic heterocycles. The van der Waals surface area contributed by atoms with E-state index < -0.39 is 5.24 Å². The lowest BCUT2D eigenvalue weighted by Gasteiger charge is -2.36. The van der Waals surface area contributed by atoms with Gasteiger partial charge in [-0.2, -0.15) is 5.26 Å². The Labute approximate surface area is 153 Å². The Morgan fingerprint density at radius 1 is 1.16 bits per heavy atom. The Morgan fingerprint density at radius 2 is 1.88 bits per heavy atom. The summed E-state index contributed by atoms with van der Waals surface area (Å²) >= 11 is 5.65. The quantitative estimate of drug-likeness (QED) is 0.788. The maximum Gasteiger partial charge on any atom is 0.252 e. The van der Waals surface area contributed by atoms with Crippen molar-refractivity contribution >= 4 is 22.5 Å². The van der Waals surface area contributed by atoms with Crippen LogP contribution in [0.15, 0.2) is 42.5 Å². The number of nitriles is 1. The minimum atomic E-state index is -0.405. The molecule has 1 aliphatic rings. The van der Waals surface area contributed by atoms with Crippen molar-refractivity contribution in [3.05, 3.63) is 64.7 Å². The second-order valence-electron chi connectivity index (χ2n) is 6.32. The summed E-state index contributed by atoms with van der Waals surface area (Å²) in [5.41, 5.74) is 4.32. The average Bonchev–Trinajstić information content (AvgIpc) is 2.63. The minimum Gasteiger partial charge on any atom is -0.368 e. The fourth-order valence-corrected chi connectivity index (χ4v) is 3.43. The third-order valence-electron chi connectivity index (χ3n) is 4.66. The molecule has 5 heteroatoms. The first-order valence-corrected chi connectivity index (χ1v) is 8.72. The zero-order valence-corrected chi connectivity index (χ0v) is 15.0. The zero-order chi connectivity index (χ0) is 17.8. The first-order valence-electron chi connectivity index (χ1n) is 8.34.